The number of ketones is 3. The van der Waals surface area contributed by atoms with E-state index in [0.29, 0.717) is 91.6 Å². The van der Waals surface area contributed by atoms with E-state index in [1.807, 2.05) is 97.1 Å². The van der Waals surface area contributed by atoms with Gasteiger partial charge < -0.3 is 15.3 Å². The molecule has 0 spiro atoms. The van der Waals surface area contributed by atoms with Gasteiger partial charge in [-0.25, -0.2) is 0 Å². The van der Waals surface area contributed by atoms with Gasteiger partial charge in [0.15, 0.2) is 11.6 Å². The largest absolute Gasteiger partial charge is 0.390 e. The maximum atomic E-state index is 13.7. The highest BCUT2D eigenvalue weighted by molar-refractivity contribution is 9.09. The Balaban J connectivity index is 0.000000139. The fourth-order valence-corrected chi connectivity index (χ4v) is 28.6. The van der Waals surface area contributed by atoms with Crippen molar-refractivity contribution in [1.29, 1.82) is 0 Å². The number of nitrogens with one attached hydrogen (secondary N) is 1. The highest BCUT2D eigenvalue weighted by Gasteiger charge is 2.65. The third-order valence-corrected chi connectivity index (χ3v) is 34.6. The Kier molecular flexibility index (Phi) is 23.4. The van der Waals surface area contributed by atoms with Crippen molar-refractivity contribution < 1.29 is 29.7 Å². The fraction of sp³-hybridized carbons (Fsp3) is 0.733. The SMILES string of the molecule is C.C.C.C[C@@]1(O)CC[C@@]2(C)[C@H](CC[C@@H]3[C@@H]2CC[C@]2(C)[C@@H](C(=O)CBr)CC[C@@H]32)C1.C[C@@]1(O)CC[C@@]2(C)[C@H](CC[C@@H]3[C@@H]2CC[C@]2(C)[C@@H](C(=O)Cn4cc5ccc(Cl)cc5n4)CC[C@@H]32)C1.C[C@@]1(O)CC[C@@]2(C)[C@H](CC[C@@H]3[C@@H]2CC[C@]2(C)[C@@H](C(=O)Cn4ncc5ccc(Cl)cc54)CC[C@@H]32)C1.Clc1ccc2cn[nH]c2c1. The Labute approximate surface area is 658 Å². The average Bonchev–Trinajstić information content (AvgIpc) is 1.17. The molecule has 0 radical (unpaired) electrons. The predicted molar refractivity (Wildman–Crippen MR) is 437 cm³/mol. The summed E-state index contributed by atoms with van der Waals surface area (Å²) in [6, 6.07) is 17.1. The molecule has 18 rings (SSSR count). The van der Waals surface area contributed by atoms with Crippen molar-refractivity contribution in [2.45, 2.75) is 288 Å². The van der Waals surface area contributed by atoms with Crippen LogP contribution in [0.1, 0.15) is 258 Å². The zero-order chi connectivity index (χ0) is 72.8. The first-order valence-corrected chi connectivity index (χ1v) is 42.7. The summed E-state index contributed by atoms with van der Waals surface area (Å²) in [5, 5.41) is 53.7. The summed E-state index contributed by atoms with van der Waals surface area (Å²) in [5.74, 6) is 10.4. The van der Waals surface area contributed by atoms with Gasteiger partial charge in [-0.05, 0) is 352 Å². The molecule has 584 valence electrons. The van der Waals surface area contributed by atoms with Gasteiger partial charge in [-0.3, -0.25) is 28.8 Å². The summed E-state index contributed by atoms with van der Waals surface area (Å²) in [6.45, 7) is 21.8. The van der Waals surface area contributed by atoms with Gasteiger partial charge >= 0.3 is 0 Å². The number of hydrogen-bond donors (Lipinski definition) is 4. The number of H-pyrrole nitrogens is 1. The molecule has 12 fully saturated rings. The number of hydrogen-bond acceptors (Lipinski definition) is 9. The Morgan fingerprint density at radius 3 is 1.30 bits per heavy atom. The topological polar surface area (TPSA) is 176 Å². The number of benzene rings is 3. The molecule has 4 N–H and O–H groups in total. The lowest BCUT2D eigenvalue weighted by Crippen LogP contribution is -2.55. The van der Waals surface area contributed by atoms with Crippen molar-refractivity contribution in [2.75, 3.05) is 5.33 Å². The van der Waals surface area contributed by atoms with Gasteiger partial charge in [0, 0.05) is 55.2 Å². The minimum absolute atomic E-state index is 0. The molecule has 3 aromatic heterocycles. The molecule has 3 aromatic carbocycles. The van der Waals surface area contributed by atoms with E-state index in [1.54, 1.807) is 6.20 Å². The zero-order valence-corrected chi connectivity index (χ0v) is 67.0. The van der Waals surface area contributed by atoms with E-state index in [1.165, 1.54) is 103 Å². The van der Waals surface area contributed by atoms with Crippen molar-refractivity contribution in [3.05, 3.63) is 88.3 Å². The number of nitrogens with zero attached hydrogens (tertiary/aromatic N) is 5. The summed E-state index contributed by atoms with van der Waals surface area (Å²) >= 11 is 21.5. The number of carbonyl (C=O) groups is 3. The van der Waals surface area contributed by atoms with Crippen LogP contribution in [0.3, 0.4) is 0 Å². The van der Waals surface area contributed by atoms with Crippen LogP contribution in [0.2, 0.25) is 15.1 Å². The summed E-state index contributed by atoms with van der Waals surface area (Å²) in [5.41, 5.74) is 3.01. The first kappa shape index (κ1) is 81.8. The van der Waals surface area contributed by atoms with Crippen molar-refractivity contribution >= 4 is 101 Å². The number of alkyl halides is 1. The molecule has 24 atom stereocenters. The van der Waals surface area contributed by atoms with Crippen LogP contribution < -0.4 is 0 Å². The van der Waals surface area contributed by atoms with Crippen LogP contribution in [0.25, 0.3) is 32.7 Å². The van der Waals surface area contributed by atoms with Gasteiger partial charge in [0.1, 0.15) is 12.3 Å². The van der Waals surface area contributed by atoms with Gasteiger partial charge in [-0.15, -0.1) is 0 Å². The molecule has 0 bridgehead atoms. The molecule has 0 aliphatic heterocycles. The predicted octanol–water partition coefficient (Wildman–Crippen LogP) is 22.8. The number of rotatable bonds is 8. The fourth-order valence-electron chi connectivity index (χ4n) is 27.7. The number of fused-ring (bicyclic) bond motifs is 18. The summed E-state index contributed by atoms with van der Waals surface area (Å²) in [4.78, 5) is 39.9. The number of aromatic nitrogens is 6. The van der Waals surface area contributed by atoms with E-state index in [0.717, 1.165) is 150 Å². The number of halogens is 4. The van der Waals surface area contributed by atoms with E-state index in [2.05, 4.69) is 77.9 Å². The van der Waals surface area contributed by atoms with Crippen LogP contribution in [0, 0.1) is 121 Å². The summed E-state index contributed by atoms with van der Waals surface area (Å²) < 4.78 is 3.68. The molecule has 0 saturated heterocycles. The van der Waals surface area contributed by atoms with E-state index in [4.69, 9.17) is 34.8 Å². The van der Waals surface area contributed by atoms with E-state index in [9.17, 15) is 29.7 Å². The Morgan fingerprint density at radius 1 is 0.453 bits per heavy atom. The molecule has 6 aromatic rings. The third kappa shape index (κ3) is 14.6. The van der Waals surface area contributed by atoms with E-state index < -0.39 is 16.8 Å². The minimum atomic E-state index is -0.480. The lowest BCUT2D eigenvalue weighted by Gasteiger charge is -2.61. The third-order valence-electron chi connectivity index (χ3n) is 33.3. The lowest BCUT2D eigenvalue weighted by molar-refractivity contribution is -0.151. The standard InChI is InChI=1S/2C29H39ClN2O2.C22H35BrO2.C7H5ClN2.3CH4/c1-27(34)12-13-28(2)19(15-27)5-7-21-22-8-9-24(29(22,3)11-10-23(21)28)26(33)17-32-16-18-4-6-20(30)14-25(18)31-32;1-27(34)12-13-28(2)19(15-27)5-7-21-22-8-9-24(29(22,3)11-10-23(21)28)26(33)17-32-25-14-20(30)6-4-18(25)16-31-32;1-20(25)10-11-21(2)14(12-20)4-5-15-16-6-7-18(19(24)13-23)22(16,3)9-8-17(15)21;8-6-2-1-5-4-9-10-7(5)3-6;;;/h2*4,6,14,16,19,21-24,34H,5,7-13,15,17H2,1-3H3;14-18,25H,4-13H2,1-3H3;1-4H,(H,9,10);3*1H4/t2*19-,21+,22+,23+,24-,27-,28+,29+;14-,15+,16+,17+,18-,20-,21+,22+;;;;/m111..../s1. The van der Waals surface area contributed by atoms with Crippen LogP contribution >= 0.6 is 50.7 Å². The number of aliphatic hydroxyl groups is 3. The summed E-state index contributed by atoms with van der Waals surface area (Å²) in [6.07, 6.45) is 36.8. The molecule has 0 amide bonds. The number of Topliss-reactive ketones (excluding diaryl/α,β-unsaturated/α-hetero) is 3. The Hall–Kier alpha value is -3.69. The van der Waals surface area contributed by atoms with Crippen molar-refractivity contribution in [3.63, 3.8) is 0 Å². The maximum Gasteiger partial charge on any atom is 0.157 e. The Bertz CT molecular complexity index is 4160. The molecular weight excluding hydrogens is 1450 g/mol. The zero-order valence-electron chi connectivity index (χ0n) is 63.1. The molecule has 12 aliphatic rings. The first-order chi connectivity index (χ1) is 48.8. The molecule has 12 aliphatic carbocycles. The van der Waals surface area contributed by atoms with Crippen molar-refractivity contribution in [1.82, 2.24) is 29.8 Å². The number of aromatic amines is 1. The van der Waals surface area contributed by atoms with Crippen LogP contribution in [-0.4, -0.2) is 84.6 Å². The Morgan fingerprint density at radius 2 is 0.849 bits per heavy atom. The second-order valence-electron chi connectivity index (χ2n) is 38.8. The molecule has 16 heteroatoms. The van der Waals surface area contributed by atoms with Crippen LogP contribution in [0.15, 0.2) is 73.2 Å². The second kappa shape index (κ2) is 30.3. The molecule has 12 saturated carbocycles. The van der Waals surface area contributed by atoms with Gasteiger partial charge in [0.25, 0.3) is 0 Å². The van der Waals surface area contributed by atoms with Gasteiger partial charge in [-0.2, -0.15) is 15.3 Å². The first-order valence-electron chi connectivity index (χ1n) is 40.4. The van der Waals surface area contributed by atoms with Crippen LogP contribution in [0.4, 0.5) is 0 Å². The normalized spacial score (nSPS) is 42.1. The molecule has 3 heterocycles. The second-order valence-corrected chi connectivity index (χ2v) is 40.6. The van der Waals surface area contributed by atoms with E-state index >= 15 is 0 Å². The monoisotopic (exact) mass is 1570 g/mol. The molecule has 106 heavy (non-hydrogen) atoms. The average molecular weight is 1580 g/mol. The van der Waals surface area contributed by atoms with Gasteiger partial charge in [0.2, 0.25) is 0 Å². The quantitative estimate of drug-likeness (QED) is 0.108. The smallest absolute Gasteiger partial charge is 0.157 e. The van der Waals surface area contributed by atoms with Gasteiger partial charge in [-0.1, -0.05) is 115 Å². The summed E-state index contributed by atoms with van der Waals surface area (Å²) in [7, 11) is 0. The highest BCUT2D eigenvalue weighted by atomic mass is 79.9. The van der Waals surface area contributed by atoms with Gasteiger partial charge in [0.05, 0.1) is 57.6 Å². The van der Waals surface area contributed by atoms with Crippen LogP contribution in [0.5, 0.6) is 0 Å². The lowest BCUT2D eigenvalue weighted by atomic mass is 9.44. The molecular formula is C90H130BrCl3N6O6. The van der Waals surface area contributed by atoms with Crippen molar-refractivity contribution in [2.24, 2.45) is 121 Å². The molecule has 0 unspecified atom stereocenters. The highest BCUT2D eigenvalue weighted by Crippen LogP contribution is 2.72. The van der Waals surface area contributed by atoms with E-state index in [-0.39, 0.29) is 56.3 Å². The number of carbonyl (C=O) groups excluding carboxylic acids is 3. The van der Waals surface area contributed by atoms with Crippen LogP contribution in [-0.2, 0) is 27.5 Å². The van der Waals surface area contributed by atoms with Crippen molar-refractivity contribution in [3.8, 4) is 0 Å². The minimum Gasteiger partial charge on any atom is -0.390 e. The maximum absolute atomic E-state index is 13.7. The molecule has 12 nitrogen and oxygen atoms in total.